The minimum atomic E-state index is -0.744. The zero-order valence-corrected chi connectivity index (χ0v) is 21.4. The van der Waals surface area contributed by atoms with Gasteiger partial charge in [-0.3, -0.25) is 9.59 Å². The Morgan fingerprint density at radius 2 is 1.81 bits per heavy atom. The molecule has 4 nitrogen and oxygen atoms in total. The van der Waals surface area contributed by atoms with E-state index in [0.717, 1.165) is 0 Å². The van der Waals surface area contributed by atoms with Gasteiger partial charge in [0, 0.05) is 38.5 Å². The highest BCUT2D eigenvalue weighted by molar-refractivity contribution is 7.99. The van der Waals surface area contributed by atoms with Crippen LogP contribution in [-0.2, 0) is 21.9 Å². The molecule has 0 fully saturated rings. The second-order valence-electron chi connectivity index (χ2n) is 8.37. The van der Waals surface area contributed by atoms with Gasteiger partial charge >= 0.3 is 0 Å². The van der Waals surface area contributed by atoms with Gasteiger partial charge in [0.1, 0.15) is 11.9 Å². The molecule has 0 aliphatic heterocycles. The summed E-state index contributed by atoms with van der Waals surface area (Å²) in [6.07, 6.45) is 0. The first-order valence-corrected chi connectivity index (χ1v) is 12.2. The minimum absolute atomic E-state index is 0.0447. The van der Waals surface area contributed by atoms with Crippen LogP contribution in [0.1, 0.15) is 38.8 Å². The molecule has 2 aromatic carbocycles. The molecule has 1 unspecified atom stereocenters. The molecular weight excluding hydrogens is 494 g/mol. The summed E-state index contributed by atoms with van der Waals surface area (Å²) >= 11 is 19.6. The molecule has 1 N–H and O–H groups in total. The number of nitrogens with zero attached hydrogens (tertiary/aromatic N) is 1. The van der Waals surface area contributed by atoms with Crippen LogP contribution in [-0.4, -0.2) is 34.0 Å². The number of hydrogen-bond acceptors (Lipinski definition) is 3. The van der Waals surface area contributed by atoms with Gasteiger partial charge in [0.25, 0.3) is 0 Å². The zero-order valence-electron chi connectivity index (χ0n) is 18.3. The van der Waals surface area contributed by atoms with E-state index in [1.165, 1.54) is 28.8 Å². The van der Waals surface area contributed by atoms with Crippen molar-refractivity contribution in [1.29, 1.82) is 0 Å². The summed E-state index contributed by atoms with van der Waals surface area (Å²) in [5, 5.41) is 4.10. The highest BCUT2D eigenvalue weighted by Crippen LogP contribution is 2.26. The van der Waals surface area contributed by atoms with Gasteiger partial charge in [0.15, 0.2) is 0 Å². The van der Waals surface area contributed by atoms with Crippen molar-refractivity contribution in [1.82, 2.24) is 10.2 Å². The Morgan fingerprint density at radius 3 is 2.41 bits per heavy atom. The van der Waals surface area contributed by atoms with Crippen LogP contribution < -0.4 is 5.32 Å². The number of benzene rings is 2. The lowest BCUT2D eigenvalue weighted by atomic mass is 10.1. The van der Waals surface area contributed by atoms with Crippen molar-refractivity contribution < 1.29 is 14.0 Å². The molecule has 0 radical (unpaired) electrons. The number of carbonyl (C=O) groups is 2. The maximum Gasteiger partial charge on any atom is 0.242 e. The highest BCUT2D eigenvalue weighted by Gasteiger charge is 2.29. The first kappa shape index (κ1) is 26.8. The van der Waals surface area contributed by atoms with E-state index in [2.05, 4.69) is 5.32 Å². The second kappa shape index (κ2) is 11.6. The molecule has 0 aliphatic rings. The molecule has 0 saturated carbocycles. The van der Waals surface area contributed by atoms with Crippen LogP contribution in [0.4, 0.5) is 4.39 Å². The fourth-order valence-corrected chi connectivity index (χ4v) is 4.60. The van der Waals surface area contributed by atoms with Gasteiger partial charge in [0.2, 0.25) is 11.8 Å². The number of thioether (sulfide) groups is 1. The molecule has 174 valence electrons. The van der Waals surface area contributed by atoms with Crippen LogP contribution in [0, 0.1) is 5.82 Å². The van der Waals surface area contributed by atoms with E-state index in [1.807, 2.05) is 20.8 Å². The van der Waals surface area contributed by atoms with E-state index < -0.39 is 17.4 Å². The average Bonchev–Trinajstić information content (AvgIpc) is 2.67. The summed E-state index contributed by atoms with van der Waals surface area (Å²) in [4.78, 5) is 27.4. The van der Waals surface area contributed by atoms with Gasteiger partial charge in [-0.2, -0.15) is 0 Å². The van der Waals surface area contributed by atoms with Crippen molar-refractivity contribution in [3.63, 3.8) is 0 Å². The van der Waals surface area contributed by atoms with E-state index in [0.29, 0.717) is 26.2 Å². The average molecular weight is 520 g/mol. The predicted octanol–water partition coefficient (Wildman–Crippen LogP) is 6.35. The molecule has 0 saturated heterocycles. The number of rotatable bonds is 8. The van der Waals surface area contributed by atoms with E-state index in [1.54, 1.807) is 31.2 Å². The molecule has 9 heteroatoms. The molecule has 0 aromatic heterocycles. The smallest absolute Gasteiger partial charge is 0.242 e. The number of amides is 2. The first-order chi connectivity index (χ1) is 14.9. The Hall–Kier alpha value is -1.47. The summed E-state index contributed by atoms with van der Waals surface area (Å²) in [7, 11) is 0. The van der Waals surface area contributed by atoms with Gasteiger partial charge in [0.05, 0.1) is 5.75 Å². The van der Waals surface area contributed by atoms with Crippen molar-refractivity contribution in [2.45, 2.75) is 51.6 Å². The van der Waals surface area contributed by atoms with Crippen molar-refractivity contribution >= 4 is 58.4 Å². The topological polar surface area (TPSA) is 49.4 Å². The third-order valence-corrected chi connectivity index (χ3v) is 6.44. The zero-order chi connectivity index (χ0) is 24.1. The van der Waals surface area contributed by atoms with Crippen LogP contribution in [0.5, 0.6) is 0 Å². The number of hydrogen-bond donors (Lipinski definition) is 1. The Morgan fingerprint density at radius 1 is 1.12 bits per heavy atom. The minimum Gasteiger partial charge on any atom is -0.350 e. The van der Waals surface area contributed by atoms with E-state index in [-0.39, 0.29) is 29.9 Å². The predicted molar refractivity (Wildman–Crippen MR) is 132 cm³/mol. The quantitative estimate of drug-likeness (QED) is 0.442. The van der Waals surface area contributed by atoms with Gasteiger partial charge in [-0.25, -0.2) is 4.39 Å². The number of carbonyl (C=O) groups excluding carboxylic acids is 2. The Balaban J connectivity index is 2.18. The third-order valence-electron chi connectivity index (χ3n) is 4.55. The van der Waals surface area contributed by atoms with Crippen molar-refractivity contribution in [2.24, 2.45) is 0 Å². The SMILES string of the molecule is CC(C(=O)NC(C)(C)C)N(Cc1ccc(Cl)cc1Cl)C(=O)CSCc1c(F)cccc1Cl. The lowest BCUT2D eigenvalue weighted by Gasteiger charge is -2.31. The van der Waals surface area contributed by atoms with Crippen LogP contribution in [0.15, 0.2) is 36.4 Å². The van der Waals surface area contributed by atoms with Gasteiger partial charge in [-0.05, 0) is 57.5 Å². The molecule has 32 heavy (non-hydrogen) atoms. The lowest BCUT2D eigenvalue weighted by molar-refractivity contribution is -0.139. The van der Waals surface area contributed by atoms with Gasteiger partial charge in [-0.1, -0.05) is 46.9 Å². The molecule has 0 spiro atoms. The van der Waals surface area contributed by atoms with E-state index >= 15 is 0 Å². The standard InChI is InChI=1S/C23H26Cl3FN2O2S/c1-14(22(31)28-23(2,3)4)29(11-15-8-9-16(24)10-19(15)26)21(30)13-32-12-17-18(25)6-5-7-20(17)27/h5-10,14H,11-13H2,1-4H3,(H,28,31). The highest BCUT2D eigenvalue weighted by atomic mass is 35.5. The fraction of sp³-hybridized carbons (Fsp3) is 0.391. The summed E-state index contributed by atoms with van der Waals surface area (Å²) in [5.74, 6) is -0.693. The van der Waals surface area contributed by atoms with Crippen LogP contribution in [0.3, 0.4) is 0 Å². The summed E-state index contributed by atoms with van der Waals surface area (Å²) in [6.45, 7) is 7.41. The number of halogens is 4. The number of nitrogens with one attached hydrogen (secondary N) is 1. The summed E-state index contributed by atoms with van der Waals surface area (Å²) in [6, 6.07) is 8.73. The lowest BCUT2D eigenvalue weighted by Crippen LogP contribution is -2.52. The van der Waals surface area contributed by atoms with Crippen LogP contribution >= 0.6 is 46.6 Å². The van der Waals surface area contributed by atoms with Gasteiger partial charge in [-0.15, -0.1) is 11.8 Å². The van der Waals surface area contributed by atoms with Gasteiger partial charge < -0.3 is 10.2 Å². The maximum absolute atomic E-state index is 14.0. The van der Waals surface area contributed by atoms with Crippen molar-refractivity contribution in [3.05, 3.63) is 68.4 Å². The molecule has 2 rings (SSSR count). The molecule has 1 atom stereocenters. The molecule has 2 aromatic rings. The van der Waals surface area contributed by atoms with Crippen LogP contribution in [0.2, 0.25) is 15.1 Å². The largest absolute Gasteiger partial charge is 0.350 e. The van der Waals surface area contributed by atoms with Crippen LogP contribution in [0.25, 0.3) is 0 Å². The molecular formula is C23H26Cl3FN2O2S. The Labute approximate surface area is 207 Å². The molecule has 0 bridgehead atoms. The Kier molecular flexibility index (Phi) is 9.70. The fourth-order valence-electron chi connectivity index (χ4n) is 2.88. The molecule has 0 heterocycles. The first-order valence-electron chi connectivity index (χ1n) is 9.95. The van der Waals surface area contributed by atoms with Crippen molar-refractivity contribution in [3.8, 4) is 0 Å². The van der Waals surface area contributed by atoms with E-state index in [4.69, 9.17) is 34.8 Å². The summed E-state index contributed by atoms with van der Waals surface area (Å²) in [5.41, 5.74) is 0.564. The molecule has 0 aliphatic carbocycles. The normalized spacial score (nSPS) is 12.4. The monoisotopic (exact) mass is 518 g/mol. The molecule has 2 amide bonds. The Bertz CT molecular complexity index is 962. The third kappa shape index (κ3) is 7.84. The van der Waals surface area contributed by atoms with Crippen molar-refractivity contribution in [2.75, 3.05) is 5.75 Å². The van der Waals surface area contributed by atoms with E-state index in [9.17, 15) is 14.0 Å². The summed E-state index contributed by atoms with van der Waals surface area (Å²) < 4.78 is 14.0. The second-order valence-corrected chi connectivity index (χ2v) is 10.6. The maximum atomic E-state index is 14.0.